The zero-order valence-electron chi connectivity index (χ0n) is 19.3. The smallest absolute Gasteiger partial charge is 0.202 e. The molecule has 10 nitrogen and oxygen atoms in total. The third kappa shape index (κ3) is 7.18. The highest BCUT2D eigenvalue weighted by Gasteiger charge is 2.06. The lowest BCUT2D eigenvalue weighted by atomic mass is 10.2. The molecule has 0 atom stereocenters. The summed E-state index contributed by atoms with van der Waals surface area (Å²) < 4.78 is 28.7. The summed E-state index contributed by atoms with van der Waals surface area (Å²) in [7, 11) is 6.55. The fourth-order valence-corrected chi connectivity index (χ4v) is 3.69. The monoisotopic (exact) mass is 502 g/mol. The number of rotatable bonds is 10. The molecule has 0 aliphatic rings. The van der Waals surface area contributed by atoms with Gasteiger partial charge in [-0.05, 0) is 24.3 Å². The number of ether oxygens (including phenoxy) is 4. The van der Waals surface area contributed by atoms with Crippen LogP contribution in [0.1, 0.15) is 11.1 Å². The van der Waals surface area contributed by atoms with Crippen LogP contribution in [0.4, 0.5) is 10.3 Å². The van der Waals surface area contributed by atoms with Crippen molar-refractivity contribution in [1.29, 1.82) is 0 Å². The van der Waals surface area contributed by atoms with Gasteiger partial charge in [-0.3, -0.25) is 0 Å². The van der Waals surface area contributed by atoms with E-state index in [4.69, 9.17) is 18.9 Å². The van der Waals surface area contributed by atoms with E-state index in [9.17, 15) is 0 Å². The Balaban J connectivity index is 0.000000191. The number of anilines is 2. The molecule has 4 aromatic rings. The van der Waals surface area contributed by atoms with Crippen LogP contribution >= 0.6 is 23.1 Å². The molecule has 0 radical (unpaired) electrons. The maximum absolute atomic E-state index is 5.31. The number of methoxy groups -OCH3 is 4. The average molecular weight is 503 g/mol. The quantitative estimate of drug-likeness (QED) is 0.325. The summed E-state index contributed by atoms with van der Waals surface area (Å²) in [6.45, 7) is 1.28. The number of nitrogens with one attached hydrogen (secondary N) is 2. The van der Waals surface area contributed by atoms with E-state index in [-0.39, 0.29) is 0 Å². The fourth-order valence-electron chi connectivity index (χ4n) is 2.84. The van der Waals surface area contributed by atoms with Crippen molar-refractivity contribution in [2.45, 2.75) is 13.1 Å². The van der Waals surface area contributed by atoms with Crippen LogP contribution in [0.3, 0.4) is 0 Å². The van der Waals surface area contributed by atoms with Crippen LogP contribution in [-0.2, 0) is 13.1 Å². The van der Waals surface area contributed by atoms with Crippen molar-refractivity contribution in [1.82, 2.24) is 18.7 Å². The van der Waals surface area contributed by atoms with Crippen LogP contribution in [0.25, 0.3) is 0 Å². The van der Waals surface area contributed by atoms with Gasteiger partial charge in [0.2, 0.25) is 10.3 Å². The first kappa shape index (κ1) is 25.0. The second-order valence-electron chi connectivity index (χ2n) is 6.56. The molecule has 0 aliphatic heterocycles. The summed E-state index contributed by atoms with van der Waals surface area (Å²) in [5.74, 6) is 3.14. The highest BCUT2D eigenvalue weighted by atomic mass is 32.1. The molecule has 0 spiro atoms. The Labute approximate surface area is 206 Å². The van der Waals surface area contributed by atoms with Crippen LogP contribution in [0.15, 0.2) is 49.1 Å². The molecule has 0 unspecified atom stereocenters. The second-order valence-corrected chi connectivity index (χ2v) is 8.12. The highest BCUT2D eigenvalue weighted by molar-refractivity contribution is 7.09. The van der Waals surface area contributed by atoms with E-state index in [1.54, 1.807) is 28.4 Å². The minimum atomic E-state index is 0.641. The van der Waals surface area contributed by atoms with Crippen LogP contribution in [0, 0.1) is 0 Å². The first-order valence-electron chi connectivity index (χ1n) is 10.1. The second kappa shape index (κ2) is 13.2. The Kier molecular flexibility index (Phi) is 9.67. The van der Waals surface area contributed by atoms with Gasteiger partial charge in [0, 0.05) is 59.4 Å². The third-order valence-electron chi connectivity index (χ3n) is 4.57. The molecule has 2 aromatic carbocycles. The predicted octanol–water partition coefficient (Wildman–Crippen LogP) is 4.33. The standard InChI is InChI=1S/2C11H13N3O2S/c2*1-15-9-4-3-8(10(5-9)16-2)6-12-11-13-7-14-17-11/h2*3-5,7H,6H2,1-2H3,(H,12,13,14). The van der Waals surface area contributed by atoms with E-state index >= 15 is 0 Å². The minimum Gasteiger partial charge on any atom is -0.497 e. The van der Waals surface area contributed by atoms with Gasteiger partial charge in [0.25, 0.3) is 0 Å². The molecule has 4 rings (SSSR count). The van der Waals surface area contributed by atoms with Gasteiger partial charge in [0.1, 0.15) is 35.7 Å². The lowest BCUT2D eigenvalue weighted by molar-refractivity contribution is 0.391. The van der Waals surface area contributed by atoms with Gasteiger partial charge in [0.05, 0.1) is 28.4 Å². The van der Waals surface area contributed by atoms with E-state index in [0.717, 1.165) is 44.4 Å². The first-order valence-corrected chi connectivity index (χ1v) is 11.6. The lowest BCUT2D eigenvalue weighted by Crippen LogP contribution is -2.01. The fraction of sp³-hybridized carbons (Fsp3) is 0.273. The number of hydrogen-bond donors (Lipinski definition) is 2. The topological polar surface area (TPSA) is 113 Å². The van der Waals surface area contributed by atoms with Gasteiger partial charge in [0.15, 0.2) is 0 Å². The van der Waals surface area contributed by atoms with Gasteiger partial charge >= 0.3 is 0 Å². The van der Waals surface area contributed by atoms with E-state index in [2.05, 4.69) is 29.3 Å². The molecule has 0 aliphatic carbocycles. The van der Waals surface area contributed by atoms with Gasteiger partial charge < -0.3 is 29.6 Å². The van der Waals surface area contributed by atoms with Crippen LogP contribution in [-0.4, -0.2) is 47.2 Å². The number of nitrogens with zero attached hydrogens (tertiary/aromatic N) is 4. The van der Waals surface area contributed by atoms with Gasteiger partial charge in [-0.1, -0.05) is 0 Å². The number of benzene rings is 2. The van der Waals surface area contributed by atoms with E-state index < -0.39 is 0 Å². The summed E-state index contributed by atoms with van der Waals surface area (Å²) in [6.07, 6.45) is 3.05. The maximum atomic E-state index is 5.31. The molecule has 2 N–H and O–H groups in total. The molecule has 180 valence electrons. The van der Waals surface area contributed by atoms with Crippen LogP contribution < -0.4 is 29.6 Å². The van der Waals surface area contributed by atoms with Crippen molar-refractivity contribution in [3.63, 3.8) is 0 Å². The summed E-state index contributed by atoms with van der Waals surface area (Å²) in [6, 6.07) is 11.4. The Bertz CT molecular complexity index is 1040. The molecule has 0 fully saturated rings. The molecule has 0 amide bonds. The van der Waals surface area contributed by atoms with E-state index in [1.165, 1.54) is 35.7 Å². The van der Waals surface area contributed by atoms with Crippen molar-refractivity contribution in [2.24, 2.45) is 0 Å². The number of aromatic nitrogens is 4. The summed E-state index contributed by atoms with van der Waals surface area (Å²) >= 11 is 2.65. The SMILES string of the molecule is COc1ccc(CNc2ncns2)c(OC)c1.COc1ccc(CNc2ncns2)c(OC)c1. The summed E-state index contributed by atoms with van der Waals surface area (Å²) in [5, 5.41) is 7.94. The molecule has 2 aromatic heterocycles. The van der Waals surface area contributed by atoms with Gasteiger partial charge in [-0.15, -0.1) is 0 Å². The van der Waals surface area contributed by atoms with Crippen molar-refractivity contribution >= 4 is 33.3 Å². The summed E-state index contributed by atoms with van der Waals surface area (Å²) in [4.78, 5) is 8.10. The molecule has 34 heavy (non-hydrogen) atoms. The molecule has 0 bridgehead atoms. The molecular weight excluding hydrogens is 476 g/mol. The first-order chi connectivity index (χ1) is 16.7. The Morgan fingerprint density at radius 3 is 1.41 bits per heavy atom. The molecule has 12 heteroatoms. The van der Waals surface area contributed by atoms with Crippen molar-refractivity contribution < 1.29 is 18.9 Å². The predicted molar refractivity (Wildman–Crippen MR) is 134 cm³/mol. The molecular formula is C22H26N6O4S2. The van der Waals surface area contributed by atoms with Crippen LogP contribution in [0.5, 0.6) is 23.0 Å². The third-order valence-corrected chi connectivity index (χ3v) is 5.82. The summed E-state index contributed by atoms with van der Waals surface area (Å²) in [5.41, 5.74) is 2.09. The number of hydrogen-bond acceptors (Lipinski definition) is 12. The van der Waals surface area contributed by atoms with Crippen molar-refractivity contribution in [3.05, 3.63) is 60.2 Å². The highest BCUT2D eigenvalue weighted by Crippen LogP contribution is 2.26. The maximum Gasteiger partial charge on any atom is 0.202 e. The normalized spacial score (nSPS) is 10.0. The molecule has 0 saturated heterocycles. The Hall–Kier alpha value is -3.64. The zero-order chi connectivity index (χ0) is 24.2. The minimum absolute atomic E-state index is 0.641. The van der Waals surface area contributed by atoms with E-state index in [1.807, 2.05) is 36.4 Å². The molecule has 2 heterocycles. The lowest BCUT2D eigenvalue weighted by Gasteiger charge is -2.10. The zero-order valence-corrected chi connectivity index (χ0v) is 20.9. The van der Waals surface area contributed by atoms with Crippen molar-refractivity contribution in [2.75, 3.05) is 39.1 Å². The Morgan fingerprint density at radius 2 is 1.09 bits per heavy atom. The van der Waals surface area contributed by atoms with Crippen molar-refractivity contribution in [3.8, 4) is 23.0 Å². The average Bonchev–Trinajstić information content (AvgIpc) is 3.61. The Morgan fingerprint density at radius 1 is 0.647 bits per heavy atom. The van der Waals surface area contributed by atoms with Gasteiger partial charge in [-0.2, -0.15) is 8.75 Å². The largest absolute Gasteiger partial charge is 0.497 e. The van der Waals surface area contributed by atoms with Crippen LogP contribution in [0.2, 0.25) is 0 Å². The van der Waals surface area contributed by atoms with E-state index in [0.29, 0.717) is 13.1 Å². The van der Waals surface area contributed by atoms with Gasteiger partial charge in [-0.25, -0.2) is 9.97 Å². The molecule has 0 saturated carbocycles.